The first kappa shape index (κ1) is 8.83. The van der Waals surface area contributed by atoms with Crippen molar-refractivity contribution in [3.8, 4) is 0 Å². The maximum Gasteiger partial charge on any atom is -0.0203 e. The molecule has 0 saturated heterocycles. The maximum absolute atomic E-state index is 2.47. The molecular formula is C11H20. The number of allylic oxidation sites excluding steroid dienone is 2. The van der Waals surface area contributed by atoms with E-state index in [4.69, 9.17) is 0 Å². The van der Waals surface area contributed by atoms with Crippen molar-refractivity contribution in [1.82, 2.24) is 0 Å². The van der Waals surface area contributed by atoms with Crippen LogP contribution in [0.1, 0.15) is 46.5 Å². The first-order chi connectivity index (χ1) is 5.25. The van der Waals surface area contributed by atoms with E-state index in [1.807, 2.05) is 0 Å². The lowest BCUT2D eigenvalue weighted by molar-refractivity contribution is 0.453. The van der Waals surface area contributed by atoms with Crippen molar-refractivity contribution in [3.63, 3.8) is 0 Å². The summed E-state index contributed by atoms with van der Waals surface area (Å²) in [5.74, 6) is 1.68. The van der Waals surface area contributed by atoms with Gasteiger partial charge in [-0.3, -0.25) is 0 Å². The molecule has 1 atom stereocenters. The third kappa shape index (κ3) is 2.08. The van der Waals surface area contributed by atoms with E-state index in [9.17, 15) is 0 Å². The van der Waals surface area contributed by atoms with E-state index in [0.717, 1.165) is 11.8 Å². The normalized spacial score (nSPS) is 25.5. The minimum Gasteiger partial charge on any atom is -0.0848 e. The van der Waals surface area contributed by atoms with Gasteiger partial charge in [0, 0.05) is 0 Å². The van der Waals surface area contributed by atoms with E-state index >= 15 is 0 Å². The topological polar surface area (TPSA) is 0 Å². The molecule has 0 radical (unpaired) electrons. The standard InChI is InChI=1S/C11H20/c1-4-10-7-5-6-8-11(10)9(2)3/h8-10H,4-7H2,1-3H3. The highest BCUT2D eigenvalue weighted by molar-refractivity contribution is 5.11. The molecule has 1 rings (SSSR count). The van der Waals surface area contributed by atoms with Crippen molar-refractivity contribution in [1.29, 1.82) is 0 Å². The quantitative estimate of drug-likeness (QED) is 0.528. The van der Waals surface area contributed by atoms with E-state index in [0.29, 0.717) is 0 Å². The molecule has 0 amide bonds. The van der Waals surface area contributed by atoms with Crippen molar-refractivity contribution in [2.45, 2.75) is 46.5 Å². The minimum absolute atomic E-state index is 0.778. The molecule has 1 unspecified atom stereocenters. The zero-order chi connectivity index (χ0) is 8.27. The third-order valence-corrected chi connectivity index (χ3v) is 2.77. The Labute approximate surface area is 70.7 Å². The SMILES string of the molecule is CCC1CCCC=C1C(C)C. The number of hydrogen-bond donors (Lipinski definition) is 0. The average molecular weight is 152 g/mol. The molecule has 0 N–H and O–H groups in total. The average Bonchev–Trinajstić information content (AvgIpc) is 2.04. The highest BCUT2D eigenvalue weighted by atomic mass is 14.2. The van der Waals surface area contributed by atoms with E-state index < -0.39 is 0 Å². The van der Waals surface area contributed by atoms with Gasteiger partial charge in [0.05, 0.1) is 0 Å². The van der Waals surface area contributed by atoms with Crippen molar-refractivity contribution in [2.24, 2.45) is 11.8 Å². The molecule has 1 aliphatic carbocycles. The molecule has 0 aromatic heterocycles. The zero-order valence-corrected chi connectivity index (χ0v) is 8.06. The molecule has 0 fully saturated rings. The van der Waals surface area contributed by atoms with Crippen LogP contribution >= 0.6 is 0 Å². The summed E-state index contributed by atoms with van der Waals surface area (Å²) in [4.78, 5) is 0. The Bertz CT molecular complexity index is 142. The van der Waals surface area contributed by atoms with Gasteiger partial charge in [0.25, 0.3) is 0 Å². The molecule has 0 spiro atoms. The van der Waals surface area contributed by atoms with Gasteiger partial charge < -0.3 is 0 Å². The fraction of sp³-hybridized carbons (Fsp3) is 0.818. The molecule has 0 aliphatic heterocycles. The van der Waals surface area contributed by atoms with Crippen molar-refractivity contribution in [3.05, 3.63) is 11.6 Å². The summed E-state index contributed by atoms with van der Waals surface area (Å²) in [6, 6.07) is 0. The molecule has 64 valence electrons. The molecule has 0 aromatic rings. The molecule has 11 heavy (non-hydrogen) atoms. The Morgan fingerprint density at radius 3 is 2.73 bits per heavy atom. The minimum atomic E-state index is 0.778. The van der Waals surface area contributed by atoms with Gasteiger partial charge in [-0.05, 0) is 37.5 Å². The van der Waals surface area contributed by atoms with Gasteiger partial charge in [0.1, 0.15) is 0 Å². The Balaban J connectivity index is 2.63. The molecule has 0 heterocycles. The second-order valence-corrected chi connectivity index (χ2v) is 3.89. The van der Waals surface area contributed by atoms with E-state index in [1.54, 1.807) is 5.57 Å². The summed E-state index contributed by atoms with van der Waals surface area (Å²) in [5, 5.41) is 0. The second kappa shape index (κ2) is 3.94. The zero-order valence-electron chi connectivity index (χ0n) is 8.06. The first-order valence-electron chi connectivity index (χ1n) is 4.95. The molecule has 0 nitrogen and oxygen atoms in total. The second-order valence-electron chi connectivity index (χ2n) is 3.89. The lowest BCUT2D eigenvalue weighted by atomic mass is 9.80. The monoisotopic (exact) mass is 152 g/mol. The molecular weight excluding hydrogens is 132 g/mol. The summed E-state index contributed by atoms with van der Waals surface area (Å²) < 4.78 is 0. The van der Waals surface area contributed by atoms with Crippen LogP contribution in [0.2, 0.25) is 0 Å². The lowest BCUT2D eigenvalue weighted by Gasteiger charge is -2.25. The smallest absolute Gasteiger partial charge is 0.0203 e. The van der Waals surface area contributed by atoms with Gasteiger partial charge in [-0.15, -0.1) is 0 Å². The molecule has 1 aliphatic rings. The number of rotatable bonds is 2. The Morgan fingerprint density at radius 2 is 2.27 bits per heavy atom. The van der Waals surface area contributed by atoms with Crippen LogP contribution in [0.4, 0.5) is 0 Å². The third-order valence-electron chi connectivity index (χ3n) is 2.77. The summed E-state index contributed by atoms with van der Waals surface area (Å²) in [5.41, 5.74) is 1.72. The fourth-order valence-electron chi connectivity index (χ4n) is 2.11. The van der Waals surface area contributed by atoms with Crippen molar-refractivity contribution < 1.29 is 0 Å². The molecule has 0 aromatic carbocycles. The van der Waals surface area contributed by atoms with Crippen LogP contribution in [0.25, 0.3) is 0 Å². The van der Waals surface area contributed by atoms with Crippen LogP contribution < -0.4 is 0 Å². The van der Waals surface area contributed by atoms with Gasteiger partial charge in [-0.2, -0.15) is 0 Å². The Hall–Kier alpha value is -0.260. The summed E-state index contributed by atoms with van der Waals surface area (Å²) in [6.07, 6.45) is 7.98. The predicted molar refractivity (Wildman–Crippen MR) is 50.6 cm³/mol. The van der Waals surface area contributed by atoms with E-state index in [2.05, 4.69) is 26.8 Å². The molecule has 0 bridgehead atoms. The van der Waals surface area contributed by atoms with Crippen LogP contribution in [0.3, 0.4) is 0 Å². The lowest BCUT2D eigenvalue weighted by Crippen LogP contribution is -2.11. The predicted octanol–water partition coefficient (Wildman–Crippen LogP) is 3.78. The highest BCUT2D eigenvalue weighted by Gasteiger charge is 2.17. The van der Waals surface area contributed by atoms with Gasteiger partial charge in [-0.25, -0.2) is 0 Å². The summed E-state index contributed by atoms with van der Waals surface area (Å²) in [6.45, 7) is 6.95. The van der Waals surface area contributed by atoms with Crippen LogP contribution in [0.15, 0.2) is 11.6 Å². The van der Waals surface area contributed by atoms with Crippen LogP contribution in [-0.2, 0) is 0 Å². The van der Waals surface area contributed by atoms with Crippen LogP contribution in [-0.4, -0.2) is 0 Å². The summed E-state index contributed by atoms with van der Waals surface area (Å²) in [7, 11) is 0. The Kier molecular flexibility index (Phi) is 3.16. The van der Waals surface area contributed by atoms with Gasteiger partial charge in [0.2, 0.25) is 0 Å². The van der Waals surface area contributed by atoms with E-state index in [1.165, 1.54) is 25.7 Å². The summed E-state index contributed by atoms with van der Waals surface area (Å²) >= 11 is 0. The van der Waals surface area contributed by atoms with Crippen molar-refractivity contribution in [2.75, 3.05) is 0 Å². The highest BCUT2D eigenvalue weighted by Crippen LogP contribution is 2.31. The Morgan fingerprint density at radius 1 is 1.55 bits per heavy atom. The largest absolute Gasteiger partial charge is 0.0848 e. The van der Waals surface area contributed by atoms with Crippen LogP contribution in [0.5, 0.6) is 0 Å². The van der Waals surface area contributed by atoms with Gasteiger partial charge in [-0.1, -0.05) is 32.4 Å². The first-order valence-corrected chi connectivity index (χ1v) is 4.95. The number of hydrogen-bond acceptors (Lipinski definition) is 0. The van der Waals surface area contributed by atoms with Crippen LogP contribution in [0, 0.1) is 11.8 Å². The molecule has 0 heteroatoms. The van der Waals surface area contributed by atoms with Gasteiger partial charge in [0.15, 0.2) is 0 Å². The maximum atomic E-state index is 2.47. The fourth-order valence-corrected chi connectivity index (χ4v) is 2.11. The van der Waals surface area contributed by atoms with Gasteiger partial charge >= 0.3 is 0 Å². The van der Waals surface area contributed by atoms with E-state index in [-0.39, 0.29) is 0 Å². The van der Waals surface area contributed by atoms with Crippen molar-refractivity contribution >= 4 is 0 Å². The molecule has 0 saturated carbocycles.